The van der Waals surface area contributed by atoms with Crippen molar-refractivity contribution in [2.24, 2.45) is 0 Å². The van der Waals surface area contributed by atoms with Crippen LogP contribution in [0.4, 0.5) is 26.3 Å². The second-order valence-electron chi connectivity index (χ2n) is 11.9. The number of hydrogen-bond donors (Lipinski definition) is 0. The minimum absolute atomic E-state index is 0.130. The molecule has 240 valence electrons. The lowest BCUT2D eigenvalue weighted by molar-refractivity contribution is -0.143. The summed E-state index contributed by atoms with van der Waals surface area (Å²) in [5, 5.41) is 3.07. The molecule has 0 atom stereocenters. The third-order valence-corrected chi connectivity index (χ3v) is 8.76. The highest BCUT2D eigenvalue weighted by molar-refractivity contribution is 6.09. The SMILES string of the molecule is FC(F)(F)c1cc(-c2ccc(-c3ccc4cc(-c5ccc(-c6cccc7c6oc6ccccc67)cc5)cnc4c3)cc2)cc(C(F)(F)F)c1. The third kappa shape index (κ3) is 5.69. The van der Waals surface area contributed by atoms with Crippen LogP contribution in [0.1, 0.15) is 11.1 Å². The van der Waals surface area contributed by atoms with Gasteiger partial charge in [-0.15, -0.1) is 0 Å². The van der Waals surface area contributed by atoms with Crippen LogP contribution >= 0.6 is 0 Å². The molecule has 0 saturated heterocycles. The zero-order valence-corrected chi connectivity index (χ0v) is 25.4. The number of halogens is 6. The van der Waals surface area contributed by atoms with Crippen LogP contribution in [0.5, 0.6) is 0 Å². The molecule has 0 aliphatic heterocycles. The summed E-state index contributed by atoms with van der Waals surface area (Å²) in [6.45, 7) is 0. The highest BCUT2D eigenvalue weighted by atomic mass is 19.4. The van der Waals surface area contributed by atoms with Crippen LogP contribution in [0, 0.1) is 0 Å². The molecule has 0 aliphatic carbocycles. The minimum atomic E-state index is -4.91. The molecule has 0 fully saturated rings. The van der Waals surface area contributed by atoms with Crippen LogP contribution in [0.3, 0.4) is 0 Å². The molecule has 0 spiro atoms. The zero-order valence-electron chi connectivity index (χ0n) is 25.4. The van der Waals surface area contributed by atoms with E-state index in [-0.39, 0.29) is 17.2 Å². The molecule has 8 rings (SSSR count). The van der Waals surface area contributed by atoms with Crippen molar-refractivity contribution in [3.8, 4) is 44.5 Å². The van der Waals surface area contributed by atoms with Crippen LogP contribution < -0.4 is 0 Å². The molecule has 0 amide bonds. The number of nitrogens with zero attached hydrogens (tertiary/aromatic N) is 1. The molecule has 0 aliphatic rings. The molecule has 0 saturated carbocycles. The van der Waals surface area contributed by atoms with Gasteiger partial charge in [0.05, 0.1) is 16.6 Å². The maximum absolute atomic E-state index is 13.4. The fourth-order valence-electron chi connectivity index (χ4n) is 6.25. The van der Waals surface area contributed by atoms with Crippen molar-refractivity contribution in [2.45, 2.75) is 12.4 Å². The molecular weight excluding hydrogens is 636 g/mol. The molecule has 0 unspecified atom stereocenters. The average molecular weight is 660 g/mol. The lowest BCUT2D eigenvalue weighted by Crippen LogP contribution is -2.11. The highest BCUT2D eigenvalue weighted by Gasteiger charge is 2.37. The fraction of sp³-hybridized carbons (Fsp3) is 0.0488. The maximum Gasteiger partial charge on any atom is 0.416 e. The summed E-state index contributed by atoms with van der Waals surface area (Å²) in [4.78, 5) is 4.69. The number of furan rings is 1. The Kier molecular flexibility index (Phi) is 7.07. The Morgan fingerprint density at radius 3 is 1.69 bits per heavy atom. The molecule has 0 N–H and O–H groups in total. The van der Waals surface area contributed by atoms with Crippen molar-refractivity contribution in [1.82, 2.24) is 4.98 Å². The van der Waals surface area contributed by atoms with Gasteiger partial charge < -0.3 is 4.42 Å². The standard InChI is InChI=1S/C41H23F6NO/c42-40(43,44)32-19-30(20-33(22-32)41(45,46)47)25-10-8-24(9-11-25)28-16-17-29-18-31(23-48-37(29)21-28)26-12-14-27(15-13-26)34-5-3-6-36-35-4-1-2-7-38(35)49-39(34)36/h1-23H. The van der Waals surface area contributed by atoms with Gasteiger partial charge in [0.1, 0.15) is 11.2 Å². The van der Waals surface area contributed by atoms with Gasteiger partial charge in [-0.1, -0.05) is 97.1 Å². The van der Waals surface area contributed by atoms with Crippen LogP contribution in [-0.4, -0.2) is 4.98 Å². The van der Waals surface area contributed by atoms with Gasteiger partial charge >= 0.3 is 12.4 Å². The molecule has 2 aromatic heterocycles. The smallest absolute Gasteiger partial charge is 0.416 e. The molecule has 8 aromatic rings. The molecule has 49 heavy (non-hydrogen) atoms. The van der Waals surface area contributed by atoms with Crippen molar-refractivity contribution in [3.63, 3.8) is 0 Å². The van der Waals surface area contributed by atoms with Gasteiger partial charge in [0.15, 0.2) is 0 Å². The molecule has 0 bridgehead atoms. The first-order valence-electron chi connectivity index (χ1n) is 15.3. The van der Waals surface area contributed by atoms with Crippen molar-refractivity contribution in [1.29, 1.82) is 0 Å². The lowest BCUT2D eigenvalue weighted by Gasteiger charge is -2.14. The van der Waals surface area contributed by atoms with Crippen LogP contribution in [0.15, 0.2) is 144 Å². The number of rotatable bonds is 4. The van der Waals surface area contributed by atoms with Crippen molar-refractivity contribution in [3.05, 3.63) is 151 Å². The summed E-state index contributed by atoms with van der Waals surface area (Å²) in [5.41, 5.74) is 5.35. The Labute approximate surface area is 275 Å². The molecule has 6 aromatic carbocycles. The molecule has 8 heteroatoms. The van der Waals surface area contributed by atoms with Crippen molar-refractivity contribution < 1.29 is 30.8 Å². The van der Waals surface area contributed by atoms with Gasteiger partial charge in [-0.05, 0) is 69.8 Å². The van der Waals surface area contributed by atoms with Crippen molar-refractivity contribution in [2.75, 3.05) is 0 Å². The van der Waals surface area contributed by atoms with E-state index in [0.717, 1.165) is 78.4 Å². The number of aromatic nitrogens is 1. The zero-order chi connectivity index (χ0) is 33.9. The van der Waals surface area contributed by atoms with Gasteiger partial charge in [-0.2, -0.15) is 26.3 Å². The summed E-state index contributed by atoms with van der Waals surface area (Å²) >= 11 is 0. The predicted octanol–water partition coefficient (Wildman–Crippen LogP) is 12.8. The molecule has 2 nitrogen and oxygen atoms in total. The number of hydrogen-bond acceptors (Lipinski definition) is 2. The number of fused-ring (bicyclic) bond motifs is 4. The number of para-hydroxylation sites is 2. The molecule has 2 heterocycles. The van der Waals surface area contributed by atoms with Gasteiger partial charge in [0.2, 0.25) is 0 Å². The van der Waals surface area contributed by atoms with Crippen molar-refractivity contribution >= 4 is 32.8 Å². The molecular formula is C41H23F6NO. The normalized spacial score (nSPS) is 12.3. The van der Waals surface area contributed by atoms with Gasteiger partial charge in [0.25, 0.3) is 0 Å². The molecule has 0 radical (unpaired) electrons. The minimum Gasteiger partial charge on any atom is -0.455 e. The summed E-state index contributed by atoms with van der Waals surface area (Å²) in [6, 6.07) is 38.2. The van der Waals surface area contributed by atoms with Crippen LogP contribution in [-0.2, 0) is 12.4 Å². The van der Waals surface area contributed by atoms with E-state index in [4.69, 9.17) is 9.40 Å². The quantitative estimate of drug-likeness (QED) is 0.176. The van der Waals surface area contributed by atoms with Crippen LogP contribution in [0.2, 0.25) is 0 Å². The Morgan fingerprint density at radius 2 is 1.02 bits per heavy atom. The number of benzene rings is 6. The first-order valence-corrected chi connectivity index (χ1v) is 15.3. The van der Waals surface area contributed by atoms with E-state index in [2.05, 4.69) is 48.5 Å². The van der Waals surface area contributed by atoms with E-state index in [0.29, 0.717) is 0 Å². The summed E-state index contributed by atoms with van der Waals surface area (Å²) in [7, 11) is 0. The average Bonchev–Trinajstić information content (AvgIpc) is 3.49. The largest absolute Gasteiger partial charge is 0.455 e. The lowest BCUT2D eigenvalue weighted by atomic mass is 9.96. The first-order chi connectivity index (χ1) is 23.5. The summed E-state index contributed by atoms with van der Waals surface area (Å²) < 4.78 is 86.4. The monoisotopic (exact) mass is 659 g/mol. The fourth-order valence-corrected chi connectivity index (χ4v) is 6.25. The van der Waals surface area contributed by atoms with E-state index >= 15 is 0 Å². The summed E-state index contributed by atoms with van der Waals surface area (Å²) in [5.74, 6) is 0. The topological polar surface area (TPSA) is 26.0 Å². The highest BCUT2D eigenvalue weighted by Crippen LogP contribution is 2.40. The Bertz CT molecular complexity index is 2480. The van der Waals surface area contributed by atoms with E-state index in [9.17, 15) is 26.3 Å². The third-order valence-electron chi connectivity index (χ3n) is 8.76. The second-order valence-corrected chi connectivity index (χ2v) is 11.9. The van der Waals surface area contributed by atoms with Gasteiger partial charge in [-0.3, -0.25) is 4.98 Å². The summed E-state index contributed by atoms with van der Waals surface area (Å²) in [6.07, 6.45) is -8.03. The maximum atomic E-state index is 13.4. The van der Waals surface area contributed by atoms with Gasteiger partial charge in [-0.25, -0.2) is 0 Å². The van der Waals surface area contributed by atoms with E-state index in [1.54, 1.807) is 18.3 Å². The Hall–Kier alpha value is -5.89. The van der Waals surface area contributed by atoms with Gasteiger partial charge in [0, 0.05) is 33.5 Å². The van der Waals surface area contributed by atoms with E-state index in [1.807, 2.05) is 42.5 Å². The van der Waals surface area contributed by atoms with Crippen LogP contribution in [0.25, 0.3) is 77.3 Å². The first kappa shape index (κ1) is 30.4. The Balaban J connectivity index is 1.06. The van der Waals surface area contributed by atoms with E-state index < -0.39 is 23.5 Å². The number of pyridine rings is 1. The predicted molar refractivity (Wildman–Crippen MR) is 181 cm³/mol. The second kappa shape index (κ2) is 11.4. The number of alkyl halides is 6. The Morgan fingerprint density at radius 1 is 0.449 bits per heavy atom. The van der Waals surface area contributed by atoms with E-state index in [1.165, 1.54) is 12.1 Å².